The minimum absolute atomic E-state index is 0.294. The van der Waals surface area contributed by atoms with Crippen LogP contribution in [0.1, 0.15) is 24.8 Å². The molecule has 1 saturated heterocycles. The molecule has 2 rings (SSSR count). The first-order valence-corrected chi connectivity index (χ1v) is 8.68. The SMILES string of the molecule is N#CCc1ccc(S(=O)(=O)N2CCCC(CCN)C2)cc1. The van der Waals surface area contributed by atoms with Gasteiger partial charge in [-0.15, -0.1) is 0 Å². The minimum Gasteiger partial charge on any atom is -0.330 e. The summed E-state index contributed by atoms with van der Waals surface area (Å²) in [6.45, 7) is 1.73. The Kier molecular flexibility index (Phi) is 5.34. The fraction of sp³-hybridized carbons (Fsp3) is 0.533. The van der Waals surface area contributed by atoms with Gasteiger partial charge in [-0.05, 0) is 49.4 Å². The highest BCUT2D eigenvalue weighted by molar-refractivity contribution is 7.89. The highest BCUT2D eigenvalue weighted by Gasteiger charge is 2.29. The lowest BCUT2D eigenvalue weighted by Gasteiger charge is -2.31. The molecule has 1 heterocycles. The number of sulfonamides is 1. The Labute approximate surface area is 126 Å². The largest absolute Gasteiger partial charge is 0.330 e. The Morgan fingerprint density at radius 1 is 1.33 bits per heavy atom. The third-order valence-corrected chi connectivity index (χ3v) is 5.78. The van der Waals surface area contributed by atoms with Gasteiger partial charge in [0.15, 0.2) is 0 Å². The van der Waals surface area contributed by atoms with E-state index in [0.717, 1.165) is 24.8 Å². The quantitative estimate of drug-likeness (QED) is 0.893. The van der Waals surface area contributed by atoms with Gasteiger partial charge in [-0.1, -0.05) is 12.1 Å². The van der Waals surface area contributed by atoms with Crippen molar-refractivity contribution in [1.29, 1.82) is 5.26 Å². The van der Waals surface area contributed by atoms with E-state index in [4.69, 9.17) is 11.0 Å². The van der Waals surface area contributed by atoms with Gasteiger partial charge in [-0.2, -0.15) is 9.57 Å². The fourth-order valence-corrected chi connectivity index (χ4v) is 4.29. The standard InChI is InChI=1S/C15H21N3O2S/c16-9-7-13-3-5-15(6-4-13)21(19,20)18-11-1-2-14(12-18)8-10-17/h3-6,14H,1-2,7-8,10-12,17H2. The zero-order valence-corrected chi connectivity index (χ0v) is 12.8. The predicted molar refractivity (Wildman–Crippen MR) is 80.9 cm³/mol. The molecule has 5 nitrogen and oxygen atoms in total. The monoisotopic (exact) mass is 307 g/mol. The summed E-state index contributed by atoms with van der Waals surface area (Å²) < 4.78 is 26.8. The van der Waals surface area contributed by atoms with Crippen molar-refractivity contribution in [2.75, 3.05) is 19.6 Å². The fourth-order valence-electron chi connectivity index (χ4n) is 2.74. The first kappa shape index (κ1) is 16.0. The van der Waals surface area contributed by atoms with Crippen molar-refractivity contribution in [3.63, 3.8) is 0 Å². The van der Waals surface area contributed by atoms with Crippen molar-refractivity contribution in [1.82, 2.24) is 4.31 Å². The number of nitriles is 1. The number of hydrogen-bond donors (Lipinski definition) is 1. The second kappa shape index (κ2) is 7.03. The molecule has 1 aliphatic rings. The second-order valence-electron chi connectivity index (χ2n) is 5.43. The van der Waals surface area contributed by atoms with Crippen LogP contribution in [0.25, 0.3) is 0 Å². The minimum atomic E-state index is -3.44. The molecule has 0 amide bonds. The molecule has 21 heavy (non-hydrogen) atoms. The molecular weight excluding hydrogens is 286 g/mol. The van der Waals surface area contributed by atoms with Crippen molar-refractivity contribution in [3.05, 3.63) is 29.8 Å². The van der Waals surface area contributed by atoms with Crippen molar-refractivity contribution >= 4 is 10.0 Å². The van der Waals surface area contributed by atoms with E-state index in [1.165, 1.54) is 0 Å². The number of piperidine rings is 1. The van der Waals surface area contributed by atoms with E-state index < -0.39 is 10.0 Å². The third kappa shape index (κ3) is 3.82. The molecule has 0 spiro atoms. The molecule has 0 aromatic heterocycles. The van der Waals surface area contributed by atoms with Crippen molar-refractivity contribution in [3.8, 4) is 6.07 Å². The van der Waals surface area contributed by atoms with Crippen molar-refractivity contribution < 1.29 is 8.42 Å². The maximum Gasteiger partial charge on any atom is 0.243 e. The Bertz CT molecular complexity index is 603. The highest BCUT2D eigenvalue weighted by atomic mass is 32.2. The molecule has 6 heteroatoms. The smallest absolute Gasteiger partial charge is 0.243 e. The van der Waals surface area contributed by atoms with E-state index in [1.807, 2.05) is 0 Å². The molecule has 2 N–H and O–H groups in total. The van der Waals surface area contributed by atoms with Gasteiger partial charge in [0.1, 0.15) is 0 Å². The summed E-state index contributed by atoms with van der Waals surface area (Å²) >= 11 is 0. The van der Waals surface area contributed by atoms with Gasteiger partial charge >= 0.3 is 0 Å². The summed E-state index contributed by atoms with van der Waals surface area (Å²) in [6.07, 6.45) is 3.09. The van der Waals surface area contributed by atoms with Crippen LogP contribution in [0.15, 0.2) is 29.2 Å². The molecule has 0 bridgehead atoms. The molecule has 114 valence electrons. The summed E-state index contributed by atoms with van der Waals surface area (Å²) in [5, 5.41) is 8.65. The van der Waals surface area contributed by atoms with Gasteiger partial charge < -0.3 is 5.73 Å². The molecule has 0 radical (unpaired) electrons. The second-order valence-corrected chi connectivity index (χ2v) is 7.37. The average Bonchev–Trinajstić information content (AvgIpc) is 2.49. The Morgan fingerprint density at radius 2 is 2.05 bits per heavy atom. The zero-order valence-electron chi connectivity index (χ0n) is 12.0. The molecular formula is C15H21N3O2S. The van der Waals surface area contributed by atoms with Crippen LogP contribution in [-0.2, 0) is 16.4 Å². The molecule has 0 aliphatic carbocycles. The van der Waals surface area contributed by atoms with Crippen LogP contribution in [0.3, 0.4) is 0 Å². The summed E-state index contributed by atoms with van der Waals surface area (Å²) in [5.41, 5.74) is 6.41. The van der Waals surface area contributed by atoms with E-state index >= 15 is 0 Å². The molecule has 1 aromatic rings. The van der Waals surface area contributed by atoms with E-state index in [1.54, 1.807) is 28.6 Å². The normalized spacial score (nSPS) is 20.1. The van der Waals surface area contributed by atoms with Crippen LogP contribution in [-0.4, -0.2) is 32.4 Å². The highest BCUT2D eigenvalue weighted by Crippen LogP contribution is 2.25. The van der Waals surface area contributed by atoms with Crippen LogP contribution in [0, 0.1) is 17.2 Å². The lowest BCUT2D eigenvalue weighted by atomic mass is 9.96. The van der Waals surface area contributed by atoms with Crippen LogP contribution in [0.4, 0.5) is 0 Å². The maximum atomic E-state index is 12.6. The summed E-state index contributed by atoms with van der Waals surface area (Å²) in [4.78, 5) is 0.303. The molecule has 1 aliphatic heterocycles. The summed E-state index contributed by atoms with van der Waals surface area (Å²) in [6, 6.07) is 8.65. The maximum absolute atomic E-state index is 12.6. The van der Waals surface area contributed by atoms with Gasteiger partial charge in [0.05, 0.1) is 17.4 Å². The number of nitrogens with two attached hydrogens (primary N) is 1. The first-order valence-electron chi connectivity index (χ1n) is 7.24. The number of hydrogen-bond acceptors (Lipinski definition) is 4. The van der Waals surface area contributed by atoms with Gasteiger partial charge in [0.2, 0.25) is 10.0 Å². The average molecular weight is 307 g/mol. The lowest BCUT2D eigenvalue weighted by molar-refractivity contribution is 0.258. The van der Waals surface area contributed by atoms with E-state index in [9.17, 15) is 8.42 Å². The number of benzene rings is 1. The third-order valence-electron chi connectivity index (χ3n) is 3.90. The van der Waals surface area contributed by atoms with Crippen molar-refractivity contribution in [2.24, 2.45) is 11.7 Å². The summed E-state index contributed by atoms with van der Waals surface area (Å²) in [7, 11) is -3.44. The van der Waals surface area contributed by atoms with Gasteiger partial charge in [0.25, 0.3) is 0 Å². The predicted octanol–water partition coefficient (Wildman–Crippen LogP) is 1.50. The van der Waals surface area contributed by atoms with Crippen molar-refractivity contribution in [2.45, 2.75) is 30.6 Å². The van der Waals surface area contributed by atoms with Gasteiger partial charge in [-0.25, -0.2) is 8.42 Å². The van der Waals surface area contributed by atoms with Crippen LogP contribution < -0.4 is 5.73 Å². The molecule has 1 fully saturated rings. The van der Waals surface area contributed by atoms with E-state index in [-0.39, 0.29) is 0 Å². The molecule has 1 aromatic carbocycles. The van der Waals surface area contributed by atoms with E-state index in [0.29, 0.717) is 36.9 Å². The molecule has 1 unspecified atom stereocenters. The van der Waals surface area contributed by atoms with E-state index in [2.05, 4.69) is 6.07 Å². The lowest BCUT2D eigenvalue weighted by Crippen LogP contribution is -2.40. The topological polar surface area (TPSA) is 87.2 Å². The van der Waals surface area contributed by atoms with Crippen LogP contribution in [0.5, 0.6) is 0 Å². The van der Waals surface area contributed by atoms with Crippen LogP contribution in [0.2, 0.25) is 0 Å². The van der Waals surface area contributed by atoms with Gasteiger partial charge in [0, 0.05) is 13.1 Å². The van der Waals surface area contributed by atoms with Crippen LogP contribution >= 0.6 is 0 Å². The first-order chi connectivity index (χ1) is 10.1. The Hall–Kier alpha value is -1.42. The Morgan fingerprint density at radius 3 is 2.67 bits per heavy atom. The summed E-state index contributed by atoms with van der Waals surface area (Å²) in [5.74, 6) is 0.358. The number of nitrogens with zero attached hydrogens (tertiary/aromatic N) is 2. The Balaban J connectivity index is 2.15. The molecule has 0 saturated carbocycles. The molecule has 1 atom stereocenters. The number of rotatable bonds is 5. The van der Waals surface area contributed by atoms with Gasteiger partial charge in [-0.3, -0.25) is 0 Å². The zero-order chi connectivity index (χ0) is 15.3.